The van der Waals surface area contributed by atoms with Crippen molar-refractivity contribution in [2.45, 2.75) is 32.3 Å². The van der Waals surface area contributed by atoms with Crippen molar-refractivity contribution < 1.29 is 14.3 Å². The summed E-state index contributed by atoms with van der Waals surface area (Å²) in [6.07, 6.45) is 0.554. The number of carbonyl (C=O) groups is 2. The van der Waals surface area contributed by atoms with Crippen LogP contribution in [0.3, 0.4) is 0 Å². The van der Waals surface area contributed by atoms with Crippen LogP contribution in [0.25, 0.3) is 10.2 Å². The number of nitrogens with zero attached hydrogens (tertiary/aromatic N) is 2. The number of para-hydroxylation sites is 2. The van der Waals surface area contributed by atoms with E-state index >= 15 is 0 Å². The van der Waals surface area contributed by atoms with E-state index < -0.39 is 18.0 Å². The number of esters is 1. The molecule has 1 unspecified atom stereocenters. The number of rotatable bonds is 7. The maximum atomic E-state index is 12.2. The number of hydrogen-bond acceptors (Lipinski definition) is 6. The zero-order valence-electron chi connectivity index (χ0n) is 15.3. The lowest BCUT2D eigenvalue weighted by Crippen LogP contribution is -2.30. The Morgan fingerprint density at radius 1 is 1.21 bits per heavy atom. The molecule has 1 atom stereocenters. The molecular formula is C21H19N3O3S. The number of carbonyl (C=O) groups excluding carboxylic acids is 2. The van der Waals surface area contributed by atoms with E-state index in [1.807, 2.05) is 30.3 Å². The van der Waals surface area contributed by atoms with Crippen molar-refractivity contribution in [2.24, 2.45) is 0 Å². The quantitative estimate of drug-likeness (QED) is 0.611. The number of benzene rings is 2. The van der Waals surface area contributed by atoms with Crippen LogP contribution in [-0.4, -0.2) is 23.0 Å². The van der Waals surface area contributed by atoms with E-state index in [0.29, 0.717) is 24.1 Å². The van der Waals surface area contributed by atoms with Gasteiger partial charge in [-0.2, -0.15) is 5.26 Å². The van der Waals surface area contributed by atoms with Gasteiger partial charge in [0.15, 0.2) is 6.10 Å². The van der Waals surface area contributed by atoms with E-state index in [-0.39, 0.29) is 6.42 Å². The van der Waals surface area contributed by atoms with Crippen molar-refractivity contribution in [1.29, 1.82) is 5.26 Å². The molecule has 0 fully saturated rings. The summed E-state index contributed by atoms with van der Waals surface area (Å²) in [6.45, 7) is 1.51. The molecular weight excluding hydrogens is 374 g/mol. The van der Waals surface area contributed by atoms with Crippen LogP contribution in [0.4, 0.5) is 5.69 Å². The molecule has 0 saturated heterocycles. The highest BCUT2D eigenvalue weighted by Gasteiger charge is 2.19. The smallest absolute Gasteiger partial charge is 0.306 e. The summed E-state index contributed by atoms with van der Waals surface area (Å²) < 4.78 is 6.33. The Morgan fingerprint density at radius 3 is 2.75 bits per heavy atom. The predicted molar refractivity (Wildman–Crippen MR) is 108 cm³/mol. The molecule has 3 aromatic rings. The molecule has 0 saturated carbocycles. The second-order valence-electron chi connectivity index (χ2n) is 6.21. The zero-order chi connectivity index (χ0) is 19.9. The first-order valence-electron chi connectivity index (χ1n) is 8.90. The van der Waals surface area contributed by atoms with Crippen molar-refractivity contribution >= 4 is 39.1 Å². The van der Waals surface area contributed by atoms with Crippen LogP contribution in [-0.2, 0) is 20.7 Å². The molecule has 1 N–H and O–H groups in total. The standard InChI is InChI=1S/C21H19N3O3S/c1-14(21(26)24-16-8-3-2-7-15(16)13-22)27-20(25)12-6-11-19-23-17-9-4-5-10-18(17)28-19/h2-5,7-10,14H,6,11-12H2,1H3,(H,24,26). The summed E-state index contributed by atoms with van der Waals surface area (Å²) in [6, 6.07) is 16.6. The molecule has 2 aromatic carbocycles. The van der Waals surface area contributed by atoms with E-state index in [1.165, 1.54) is 6.92 Å². The average molecular weight is 393 g/mol. The molecule has 3 rings (SSSR count). The van der Waals surface area contributed by atoms with Crippen molar-refractivity contribution in [3.8, 4) is 6.07 Å². The third kappa shape index (κ3) is 4.93. The number of hydrogen-bond donors (Lipinski definition) is 1. The molecule has 1 aromatic heterocycles. The number of anilines is 1. The average Bonchev–Trinajstić information content (AvgIpc) is 3.11. The predicted octanol–water partition coefficient (Wildman–Crippen LogP) is 4.06. The molecule has 1 heterocycles. The highest BCUT2D eigenvalue weighted by Crippen LogP contribution is 2.22. The number of thiazole rings is 1. The third-order valence-electron chi connectivity index (χ3n) is 4.09. The molecule has 142 valence electrons. The second kappa shape index (κ2) is 9.11. The van der Waals surface area contributed by atoms with Gasteiger partial charge in [-0.25, -0.2) is 4.98 Å². The Labute approximate surface area is 166 Å². The van der Waals surface area contributed by atoms with Gasteiger partial charge in [-0.15, -0.1) is 11.3 Å². The van der Waals surface area contributed by atoms with Crippen LogP contribution in [0, 0.1) is 11.3 Å². The van der Waals surface area contributed by atoms with Gasteiger partial charge in [0.2, 0.25) is 0 Å². The van der Waals surface area contributed by atoms with Crippen LogP contribution in [0.1, 0.15) is 30.3 Å². The van der Waals surface area contributed by atoms with Crippen LogP contribution in [0.15, 0.2) is 48.5 Å². The summed E-state index contributed by atoms with van der Waals surface area (Å²) in [5, 5.41) is 12.7. The summed E-state index contributed by atoms with van der Waals surface area (Å²) in [5.74, 6) is -0.903. The van der Waals surface area contributed by atoms with E-state index in [1.54, 1.807) is 35.6 Å². The first kappa shape index (κ1) is 19.5. The Morgan fingerprint density at radius 2 is 1.96 bits per heavy atom. The number of aromatic nitrogens is 1. The number of ether oxygens (including phenoxy) is 1. The monoisotopic (exact) mass is 393 g/mol. The molecule has 0 aliphatic rings. The molecule has 1 amide bonds. The fourth-order valence-corrected chi connectivity index (χ4v) is 3.65. The van der Waals surface area contributed by atoms with Crippen molar-refractivity contribution in [2.75, 3.05) is 5.32 Å². The van der Waals surface area contributed by atoms with Gasteiger partial charge in [0.25, 0.3) is 5.91 Å². The molecule has 7 heteroatoms. The number of aryl methyl sites for hydroxylation is 1. The molecule has 0 bridgehead atoms. The fraction of sp³-hybridized carbons (Fsp3) is 0.238. The maximum absolute atomic E-state index is 12.2. The number of nitriles is 1. The van der Waals surface area contributed by atoms with Crippen molar-refractivity contribution in [3.05, 3.63) is 59.1 Å². The Hall–Kier alpha value is -3.24. The van der Waals surface area contributed by atoms with Gasteiger partial charge in [-0.05, 0) is 44.0 Å². The van der Waals surface area contributed by atoms with Crippen LogP contribution in [0.2, 0.25) is 0 Å². The Kier molecular flexibility index (Phi) is 6.35. The van der Waals surface area contributed by atoms with Crippen LogP contribution in [0.5, 0.6) is 0 Å². The van der Waals surface area contributed by atoms with Crippen molar-refractivity contribution in [1.82, 2.24) is 4.98 Å². The minimum absolute atomic E-state index is 0.211. The highest BCUT2D eigenvalue weighted by molar-refractivity contribution is 7.18. The minimum Gasteiger partial charge on any atom is -0.453 e. The molecule has 0 spiro atoms. The normalized spacial score (nSPS) is 11.6. The fourth-order valence-electron chi connectivity index (χ4n) is 2.64. The summed E-state index contributed by atoms with van der Waals surface area (Å²) in [7, 11) is 0. The summed E-state index contributed by atoms with van der Waals surface area (Å²) in [5.41, 5.74) is 1.71. The van der Waals surface area contributed by atoms with Gasteiger partial charge in [-0.1, -0.05) is 24.3 Å². The first-order valence-corrected chi connectivity index (χ1v) is 9.72. The molecule has 28 heavy (non-hydrogen) atoms. The van der Waals surface area contributed by atoms with Gasteiger partial charge in [0.05, 0.1) is 26.5 Å². The molecule has 6 nitrogen and oxygen atoms in total. The second-order valence-corrected chi connectivity index (χ2v) is 7.32. The zero-order valence-corrected chi connectivity index (χ0v) is 16.2. The Bertz CT molecular complexity index is 1010. The van der Waals surface area contributed by atoms with Gasteiger partial charge in [-0.3, -0.25) is 9.59 Å². The molecule has 0 aliphatic carbocycles. The molecule has 0 radical (unpaired) electrons. The number of amides is 1. The van der Waals surface area contributed by atoms with E-state index in [0.717, 1.165) is 15.2 Å². The van der Waals surface area contributed by atoms with E-state index in [2.05, 4.69) is 10.3 Å². The first-order chi connectivity index (χ1) is 13.6. The van der Waals surface area contributed by atoms with Gasteiger partial charge < -0.3 is 10.1 Å². The van der Waals surface area contributed by atoms with Crippen molar-refractivity contribution in [3.63, 3.8) is 0 Å². The number of nitrogens with one attached hydrogen (secondary N) is 1. The maximum Gasteiger partial charge on any atom is 0.306 e. The Balaban J connectivity index is 1.46. The molecule has 0 aliphatic heterocycles. The SMILES string of the molecule is CC(OC(=O)CCCc1nc2ccccc2s1)C(=O)Nc1ccccc1C#N. The largest absolute Gasteiger partial charge is 0.453 e. The van der Waals surface area contributed by atoms with Gasteiger partial charge >= 0.3 is 5.97 Å². The number of fused-ring (bicyclic) bond motifs is 1. The minimum atomic E-state index is -0.943. The summed E-state index contributed by atoms with van der Waals surface area (Å²) in [4.78, 5) is 28.8. The lowest BCUT2D eigenvalue weighted by molar-refractivity contribution is -0.153. The van der Waals surface area contributed by atoms with Crippen LogP contribution >= 0.6 is 11.3 Å². The van der Waals surface area contributed by atoms with E-state index in [4.69, 9.17) is 10.00 Å². The highest BCUT2D eigenvalue weighted by atomic mass is 32.1. The summed E-state index contributed by atoms with van der Waals surface area (Å²) >= 11 is 1.62. The third-order valence-corrected chi connectivity index (χ3v) is 5.19. The lowest BCUT2D eigenvalue weighted by atomic mass is 10.2. The topological polar surface area (TPSA) is 92.1 Å². The van der Waals surface area contributed by atoms with Gasteiger partial charge in [0.1, 0.15) is 6.07 Å². The lowest BCUT2D eigenvalue weighted by Gasteiger charge is -2.14. The van der Waals surface area contributed by atoms with Crippen LogP contribution < -0.4 is 5.32 Å². The van der Waals surface area contributed by atoms with Gasteiger partial charge in [0, 0.05) is 6.42 Å². The van der Waals surface area contributed by atoms with E-state index in [9.17, 15) is 9.59 Å².